The van der Waals surface area contributed by atoms with Crippen LogP contribution < -0.4 is 9.64 Å². The summed E-state index contributed by atoms with van der Waals surface area (Å²) in [5.74, 6) is 2.66. The molecule has 1 fully saturated rings. The zero-order valence-electron chi connectivity index (χ0n) is 19.6. The molecule has 0 bridgehead atoms. The largest absolute Gasteiger partial charge is 0.497 e. The van der Waals surface area contributed by atoms with Crippen molar-refractivity contribution in [3.8, 4) is 5.75 Å². The second kappa shape index (κ2) is 9.88. The number of anilines is 1. The van der Waals surface area contributed by atoms with Crippen molar-refractivity contribution < 1.29 is 4.74 Å². The number of aromatic nitrogens is 2. The van der Waals surface area contributed by atoms with Crippen molar-refractivity contribution in [1.82, 2.24) is 9.55 Å². The summed E-state index contributed by atoms with van der Waals surface area (Å²) in [6.07, 6.45) is 4.31. The first-order valence-corrected chi connectivity index (χ1v) is 11.5. The van der Waals surface area contributed by atoms with Crippen LogP contribution in [0.2, 0.25) is 0 Å². The average Bonchev–Trinajstić information content (AvgIpc) is 3.10. The number of rotatable bonds is 5. The molecule has 4 nitrogen and oxygen atoms in total. The van der Waals surface area contributed by atoms with Crippen LogP contribution in [0.25, 0.3) is 10.9 Å². The van der Waals surface area contributed by atoms with Gasteiger partial charge < -0.3 is 14.2 Å². The van der Waals surface area contributed by atoms with Gasteiger partial charge in [0.15, 0.2) is 5.82 Å². The Morgan fingerprint density at radius 1 is 0.939 bits per heavy atom. The summed E-state index contributed by atoms with van der Waals surface area (Å²) >= 11 is 0. The molecule has 0 unspecified atom stereocenters. The maximum atomic E-state index is 5.33. The third kappa shape index (κ3) is 4.45. The van der Waals surface area contributed by atoms with E-state index in [-0.39, 0.29) is 12.4 Å². The molecule has 33 heavy (non-hydrogen) atoms. The molecule has 1 aliphatic heterocycles. The van der Waals surface area contributed by atoms with Gasteiger partial charge in [0.2, 0.25) is 0 Å². The predicted octanol–water partition coefficient (Wildman–Crippen LogP) is 6.52. The molecule has 5 rings (SSSR count). The number of ether oxygens (including phenoxy) is 1. The molecule has 0 atom stereocenters. The highest BCUT2D eigenvalue weighted by atomic mass is 35.5. The van der Waals surface area contributed by atoms with Crippen LogP contribution in [-0.4, -0.2) is 29.8 Å². The highest BCUT2D eigenvalue weighted by Crippen LogP contribution is 2.35. The molecule has 3 heterocycles. The SMILES string of the molecule is COc1ccc(Cn2c(C)c(C)c3ccnc(N4CCC(c5ccccc5)CC4)c32)cc1.Cl. The molecule has 0 amide bonds. The van der Waals surface area contributed by atoms with Crippen molar-refractivity contribution >= 4 is 29.1 Å². The predicted molar refractivity (Wildman–Crippen MR) is 139 cm³/mol. The third-order valence-corrected chi connectivity index (χ3v) is 7.09. The number of benzene rings is 2. The van der Waals surface area contributed by atoms with Gasteiger partial charge in [-0.3, -0.25) is 0 Å². The van der Waals surface area contributed by atoms with Gasteiger partial charge in [0.1, 0.15) is 5.75 Å². The lowest BCUT2D eigenvalue weighted by atomic mass is 9.89. The standard InChI is InChI=1S/C28H31N3O.ClH/c1-20-21(2)31(19-22-9-11-25(32-3)12-10-22)27-26(20)13-16-29-28(27)30-17-14-24(15-18-30)23-7-5-4-6-8-23;/h4-13,16,24H,14-15,17-19H2,1-3H3;1H. The summed E-state index contributed by atoms with van der Waals surface area (Å²) in [7, 11) is 1.71. The number of pyridine rings is 1. The van der Waals surface area contributed by atoms with Crippen LogP contribution in [0.1, 0.15) is 41.1 Å². The monoisotopic (exact) mass is 461 g/mol. The van der Waals surface area contributed by atoms with Crippen LogP contribution in [0.3, 0.4) is 0 Å². The number of hydrogen-bond donors (Lipinski definition) is 0. The van der Waals surface area contributed by atoms with Gasteiger partial charge in [-0.1, -0.05) is 42.5 Å². The van der Waals surface area contributed by atoms with Gasteiger partial charge in [-0.25, -0.2) is 4.98 Å². The van der Waals surface area contributed by atoms with E-state index in [1.165, 1.54) is 46.1 Å². The number of aryl methyl sites for hydroxylation is 1. The normalized spacial score (nSPS) is 14.3. The van der Waals surface area contributed by atoms with Crippen molar-refractivity contribution in [3.63, 3.8) is 0 Å². The minimum Gasteiger partial charge on any atom is -0.497 e. The minimum atomic E-state index is 0. The molecule has 2 aromatic heterocycles. The molecule has 5 heteroatoms. The molecule has 0 N–H and O–H groups in total. The molecule has 172 valence electrons. The van der Waals surface area contributed by atoms with E-state index >= 15 is 0 Å². The van der Waals surface area contributed by atoms with Crippen molar-refractivity contribution in [2.45, 2.75) is 39.2 Å². The summed E-state index contributed by atoms with van der Waals surface area (Å²) in [6, 6.07) is 21.5. The summed E-state index contributed by atoms with van der Waals surface area (Å²) < 4.78 is 7.78. The Labute approximate surface area is 202 Å². The first kappa shape index (κ1) is 23.2. The van der Waals surface area contributed by atoms with Gasteiger partial charge >= 0.3 is 0 Å². The molecule has 2 aromatic carbocycles. The van der Waals surface area contributed by atoms with Crippen LogP contribution in [0, 0.1) is 13.8 Å². The van der Waals surface area contributed by atoms with Gasteiger partial charge in [-0.05, 0) is 67.5 Å². The second-order valence-electron chi connectivity index (χ2n) is 8.85. The summed E-state index contributed by atoms with van der Waals surface area (Å²) in [4.78, 5) is 7.39. The molecule has 0 aliphatic carbocycles. The Kier molecular flexibility index (Phi) is 6.94. The van der Waals surface area contributed by atoms with Crippen molar-refractivity contribution in [1.29, 1.82) is 0 Å². The molecular weight excluding hydrogens is 430 g/mol. The Balaban J connectivity index is 0.00000259. The van der Waals surface area contributed by atoms with Crippen molar-refractivity contribution in [2.24, 2.45) is 0 Å². The number of nitrogens with zero attached hydrogens (tertiary/aromatic N) is 3. The maximum Gasteiger partial charge on any atom is 0.153 e. The lowest BCUT2D eigenvalue weighted by molar-refractivity contribution is 0.414. The number of hydrogen-bond acceptors (Lipinski definition) is 3. The van der Waals surface area contributed by atoms with Gasteiger partial charge in [0, 0.05) is 36.9 Å². The van der Waals surface area contributed by atoms with E-state index < -0.39 is 0 Å². The van der Waals surface area contributed by atoms with E-state index in [4.69, 9.17) is 9.72 Å². The Morgan fingerprint density at radius 2 is 1.64 bits per heavy atom. The highest BCUT2D eigenvalue weighted by Gasteiger charge is 2.25. The van der Waals surface area contributed by atoms with E-state index in [1.54, 1.807) is 7.11 Å². The van der Waals surface area contributed by atoms with E-state index in [0.29, 0.717) is 5.92 Å². The van der Waals surface area contributed by atoms with Crippen LogP contribution in [0.5, 0.6) is 5.75 Å². The molecular formula is C28H32ClN3O. The average molecular weight is 462 g/mol. The van der Waals surface area contributed by atoms with E-state index in [0.717, 1.165) is 31.2 Å². The fourth-order valence-corrected chi connectivity index (χ4v) is 5.07. The van der Waals surface area contributed by atoms with Crippen molar-refractivity contribution in [2.75, 3.05) is 25.1 Å². The molecule has 0 saturated carbocycles. The minimum absolute atomic E-state index is 0. The van der Waals surface area contributed by atoms with Gasteiger partial charge in [-0.2, -0.15) is 0 Å². The van der Waals surface area contributed by atoms with Gasteiger partial charge in [0.25, 0.3) is 0 Å². The number of fused-ring (bicyclic) bond motifs is 1. The summed E-state index contributed by atoms with van der Waals surface area (Å²) in [6.45, 7) is 7.37. The van der Waals surface area contributed by atoms with E-state index in [1.807, 2.05) is 18.3 Å². The molecule has 1 saturated heterocycles. The third-order valence-electron chi connectivity index (χ3n) is 7.09. The van der Waals surface area contributed by atoms with Crippen LogP contribution in [0.4, 0.5) is 5.82 Å². The molecule has 4 aromatic rings. The fourth-order valence-electron chi connectivity index (χ4n) is 5.07. The first-order chi connectivity index (χ1) is 15.7. The smallest absolute Gasteiger partial charge is 0.153 e. The van der Waals surface area contributed by atoms with Crippen LogP contribution in [-0.2, 0) is 6.54 Å². The Bertz CT molecular complexity index is 1210. The first-order valence-electron chi connectivity index (χ1n) is 11.5. The van der Waals surface area contributed by atoms with Crippen LogP contribution in [0.15, 0.2) is 66.9 Å². The highest BCUT2D eigenvalue weighted by molar-refractivity contribution is 5.93. The molecule has 1 aliphatic rings. The van der Waals surface area contributed by atoms with Gasteiger partial charge in [0.05, 0.1) is 12.6 Å². The topological polar surface area (TPSA) is 30.3 Å². The lowest BCUT2D eigenvalue weighted by Gasteiger charge is -2.33. The Morgan fingerprint density at radius 3 is 2.30 bits per heavy atom. The molecule has 0 spiro atoms. The maximum absolute atomic E-state index is 5.33. The lowest BCUT2D eigenvalue weighted by Crippen LogP contribution is -2.33. The van der Waals surface area contributed by atoms with E-state index in [9.17, 15) is 0 Å². The van der Waals surface area contributed by atoms with Crippen LogP contribution >= 0.6 is 12.4 Å². The zero-order valence-corrected chi connectivity index (χ0v) is 20.4. The number of halogens is 1. The fraction of sp³-hybridized carbons (Fsp3) is 0.321. The van der Waals surface area contributed by atoms with Crippen molar-refractivity contribution in [3.05, 3.63) is 89.2 Å². The molecule has 0 radical (unpaired) electrons. The van der Waals surface area contributed by atoms with Gasteiger partial charge in [-0.15, -0.1) is 12.4 Å². The zero-order chi connectivity index (χ0) is 22.1. The number of piperidine rings is 1. The second-order valence-corrected chi connectivity index (χ2v) is 8.85. The quantitative estimate of drug-likeness (QED) is 0.339. The number of methoxy groups -OCH3 is 1. The Hall–Kier alpha value is -2.98. The summed E-state index contributed by atoms with van der Waals surface area (Å²) in [5, 5.41) is 1.31. The van der Waals surface area contributed by atoms with E-state index in [2.05, 4.69) is 71.8 Å². The summed E-state index contributed by atoms with van der Waals surface area (Å²) in [5.41, 5.74) is 6.65.